The number of amides is 1. The van der Waals surface area contributed by atoms with Gasteiger partial charge >= 0.3 is 0 Å². The fourth-order valence-corrected chi connectivity index (χ4v) is 2.61. The van der Waals surface area contributed by atoms with E-state index in [1.165, 1.54) is 0 Å². The second kappa shape index (κ2) is 6.22. The number of aromatic nitrogens is 1. The van der Waals surface area contributed by atoms with Crippen LogP contribution in [0.5, 0.6) is 0 Å². The molecule has 112 valence electrons. The Bertz CT molecular complexity index is 630. The van der Waals surface area contributed by atoms with Crippen molar-refractivity contribution in [1.82, 2.24) is 10.3 Å². The van der Waals surface area contributed by atoms with Crippen LogP contribution in [0.2, 0.25) is 0 Å². The highest BCUT2D eigenvalue weighted by molar-refractivity contribution is 6.05. The Morgan fingerprint density at radius 2 is 2.05 bits per heavy atom. The third-order valence-corrected chi connectivity index (χ3v) is 3.36. The molecule has 0 saturated carbocycles. The van der Waals surface area contributed by atoms with Crippen molar-refractivity contribution in [2.45, 2.75) is 32.8 Å². The molecule has 2 aromatic rings. The minimum Gasteiger partial charge on any atom is -0.388 e. The predicted octanol–water partition coefficient (Wildman–Crippen LogP) is 2.76. The number of nitrogens with one attached hydrogen (secondary N) is 1. The first-order valence-corrected chi connectivity index (χ1v) is 7.23. The zero-order valence-corrected chi connectivity index (χ0v) is 12.8. The van der Waals surface area contributed by atoms with Crippen molar-refractivity contribution >= 4 is 16.8 Å². The molecule has 4 heteroatoms. The first kappa shape index (κ1) is 15.4. The van der Waals surface area contributed by atoms with Crippen LogP contribution in [-0.2, 0) is 0 Å². The van der Waals surface area contributed by atoms with Crippen molar-refractivity contribution in [3.05, 3.63) is 42.1 Å². The third-order valence-electron chi connectivity index (χ3n) is 3.36. The van der Waals surface area contributed by atoms with Crippen molar-refractivity contribution in [3.63, 3.8) is 0 Å². The average molecular weight is 286 g/mol. The second-order valence-corrected chi connectivity index (χ2v) is 6.16. The fourth-order valence-electron chi connectivity index (χ4n) is 2.61. The Labute approximate surface area is 125 Å². The molecule has 1 amide bonds. The van der Waals surface area contributed by atoms with E-state index in [2.05, 4.69) is 10.3 Å². The van der Waals surface area contributed by atoms with Crippen molar-refractivity contribution in [1.29, 1.82) is 0 Å². The largest absolute Gasteiger partial charge is 0.388 e. The minimum absolute atomic E-state index is 0.205. The average Bonchev–Trinajstić information content (AvgIpc) is 2.43. The number of benzene rings is 1. The maximum Gasteiger partial charge on any atom is 0.253 e. The molecular weight excluding hydrogens is 264 g/mol. The van der Waals surface area contributed by atoms with Gasteiger partial charge in [-0.05, 0) is 31.4 Å². The minimum atomic E-state index is -0.901. The molecule has 1 aromatic carbocycles. The number of hydrogen-bond acceptors (Lipinski definition) is 3. The summed E-state index contributed by atoms with van der Waals surface area (Å²) in [6, 6.07) is 9.28. The lowest BCUT2D eigenvalue weighted by Gasteiger charge is -2.25. The molecule has 0 aliphatic carbocycles. The number of rotatable bonds is 5. The Hall–Kier alpha value is -1.94. The van der Waals surface area contributed by atoms with E-state index in [1.807, 2.05) is 38.1 Å². The summed E-state index contributed by atoms with van der Waals surface area (Å²) in [5.41, 5.74) is 0.316. The van der Waals surface area contributed by atoms with Gasteiger partial charge in [0.1, 0.15) is 0 Å². The first-order valence-electron chi connectivity index (χ1n) is 7.23. The van der Waals surface area contributed by atoms with Crippen LogP contribution < -0.4 is 5.32 Å². The molecule has 2 N–H and O–H groups in total. The fraction of sp³-hybridized carbons (Fsp3) is 0.412. The molecule has 0 bridgehead atoms. The number of para-hydroxylation sites is 1. The quantitative estimate of drug-likeness (QED) is 0.888. The number of aliphatic hydroxyl groups is 1. The van der Waals surface area contributed by atoms with Gasteiger partial charge in [0.15, 0.2) is 0 Å². The molecule has 1 aromatic heterocycles. The molecular formula is C17H22N2O2. The lowest BCUT2D eigenvalue weighted by molar-refractivity contribution is 0.0368. The van der Waals surface area contributed by atoms with Gasteiger partial charge in [-0.2, -0.15) is 0 Å². The Morgan fingerprint density at radius 1 is 1.33 bits per heavy atom. The maximum absolute atomic E-state index is 12.3. The predicted molar refractivity (Wildman–Crippen MR) is 84.2 cm³/mol. The van der Waals surface area contributed by atoms with Gasteiger partial charge in [-0.1, -0.05) is 32.0 Å². The molecule has 0 saturated heterocycles. The molecule has 4 nitrogen and oxygen atoms in total. The monoisotopic (exact) mass is 286 g/mol. The Balaban J connectivity index is 2.13. The molecule has 1 atom stereocenters. The molecule has 1 heterocycles. The highest BCUT2D eigenvalue weighted by Crippen LogP contribution is 2.17. The molecule has 21 heavy (non-hydrogen) atoms. The van der Waals surface area contributed by atoms with E-state index in [0.717, 1.165) is 5.39 Å². The normalized spacial score (nSPS) is 14.1. The van der Waals surface area contributed by atoms with E-state index >= 15 is 0 Å². The van der Waals surface area contributed by atoms with Crippen molar-refractivity contribution in [2.75, 3.05) is 6.54 Å². The van der Waals surface area contributed by atoms with Gasteiger partial charge in [-0.15, -0.1) is 0 Å². The number of carbonyl (C=O) groups excluding carboxylic acids is 1. The topological polar surface area (TPSA) is 62.2 Å². The van der Waals surface area contributed by atoms with Gasteiger partial charge in [0, 0.05) is 18.1 Å². The summed E-state index contributed by atoms with van der Waals surface area (Å²) in [6.45, 7) is 6.07. The van der Waals surface area contributed by atoms with Gasteiger partial charge < -0.3 is 10.4 Å². The Morgan fingerprint density at radius 3 is 2.76 bits per heavy atom. The zero-order valence-electron chi connectivity index (χ0n) is 12.8. The van der Waals surface area contributed by atoms with Gasteiger partial charge in [0.05, 0.1) is 16.7 Å². The van der Waals surface area contributed by atoms with Gasteiger partial charge in [-0.3, -0.25) is 9.78 Å². The SMILES string of the molecule is CC(C)CC(C)(O)CNC(=O)c1cccc2cccnc12. The molecule has 0 fully saturated rings. The van der Waals surface area contributed by atoms with E-state index < -0.39 is 5.60 Å². The van der Waals surface area contributed by atoms with Crippen molar-refractivity contribution in [2.24, 2.45) is 5.92 Å². The van der Waals surface area contributed by atoms with Crippen LogP contribution in [0.25, 0.3) is 10.9 Å². The lowest BCUT2D eigenvalue weighted by Crippen LogP contribution is -2.41. The van der Waals surface area contributed by atoms with Gasteiger partial charge in [0.25, 0.3) is 5.91 Å². The van der Waals surface area contributed by atoms with E-state index in [0.29, 0.717) is 23.4 Å². The summed E-state index contributed by atoms with van der Waals surface area (Å²) in [6.07, 6.45) is 2.31. The van der Waals surface area contributed by atoms with Crippen molar-refractivity contribution < 1.29 is 9.90 Å². The third kappa shape index (κ3) is 4.02. The highest BCUT2D eigenvalue weighted by atomic mass is 16.3. The smallest absolute Gasteiger partial charge is 0.253 e. The summed E-state index contributed by atoms with van der Waals surface area (Å²) < 4.78 is 0. The molecule has 0 radical (unpaired) electrons. The standard InChI is InChI=1S/C17H22N2O2/c1-12(2)10-17(3,21)11-19-16(20)14-8-4-6-13-7-5-9-18-15(13)14/h4-9,12,21H,10-11H2,1-3H3,(H,19,20). The van der Waals surface area contributed by atoms with Gasteiger partial charge in [0.2, 0.25) is 0 Å². The van der Waals surface area contributed by atoms with Crippen LogP contribution in [0, 0.1) is 5.92 Å². The lowest BCUT2D eigenvalue weighted by atomic mass is 9.94. The Kier molecular flexibility index (Phi) is 4.58. The summed E-state index contributed by atoms with van der Waals surface area (Å²) in [5.74, 6) is 0.166. The van der Waals surface area contributed by atoms with E-state index in [4.69, 9.17) is 0 Å². The number of pyridine rings is 1. The van der Waals surface area contributed by atoms with E-state index in [1.54, 1.807) is 19.2 Å². The first-order chi connectivity index (χ1) is 9.89. The van der Waals surface area contributed by atoms with Gasteiger partial charge in [-0.25, -0.2) is 0 Å². The number of nitrogens with zero attached hydrogens (tertiary/aromatic N) is 1. The number of fused-ring (bicyclic) bond motifs is 1. The van der Waals surface area contributed by atoms with Crippen LogP contribution in [0.1, 0.15) is 37.6 Å². The molecule has 1 unspecified atom stereocenters. The van der Waals surface area contributed by atoms with E-state index in [-0.39, 0.29) is 12.5 Å². The highest BCUT2D eigenvalue weighted by Gasteiger charge is 2.23. The number of hydrogen-bond donors (Lipinski definition) is 2. The summed E-state index contributed by atoms with van der Waals surface area (Å²) in [5, 5.41) is 14.0. The van der Waals surface area contributed by atoms with Crippen LogP contribution in [0.15, 0.2) is 36.5 Å². The van der Waals surface area contributed by atoms with Crippen LogP contribution in [0.4, 0.5) is 0 Å². The summed E-state index contributed by atoms with van der Waals surface area (Å²) in [7, 11) is 0. The van der Waals surface area contributed by atoms with Crippen LogP contribution in [-0.4, -0.2) is 28.1 Å². The summed E-state index contributed by atoms with van der Waals surface area (Å²) >= 11 is 0. The molecule has 2 rings (SSSR count). The molecule has 0 aliphatic heterocycles. The van der Waals surface area contributed by atoms with E-state index in [9.17, 15) is 9.90 Å². The van der Waals surface area contributed by atoms with Crippen molar-refractivity contribution in [3.8, 4) is 0 Å². The maximum atomic E-state index is 12.3. The number of carbonyl (C=O) groups is 1. The van der Waals surface area contributed by atoms with Crippen LogP contribution in [0.3, 0.4) is 0 Å². The van der Waals surface area contributed by atoms with Crippen LogP contribution >= 0.6 is 0 Å². The molecule has 0 spiro atoms. The zero-order chi connectivity index (χ0) is 15.5. The summed E-state index contributed by atoms with van der Waals surface area (Å²) in [4.78, 5) is 16.6. The molecule has 0 aliphatic rings. The second-order valence-electron chi connectivity index (χ2n) is 6.16.